The maximum Gasteiger partial charge on any atom is 0.0234 e. The molecule has 3 rings (SSSR count). The van der Waals surface area contributed by atoms with Crippen LogP contribution in [0.15, 0.2) is 0 Å². The molecule has 3 aliphatic rings. The molecular weight excluding hydrogens is 134 g/mol. The molecule has 0 aromatic heterocycles. The van der Waals surface area contributed by atoms with Crippen molar-refractivity contribution in [2.75, 3.05) is 7.05 Å². The fraction of sp³-hybridized carbons (Fsp3) is 1.00. The highest BCUT2D eigenvalue weighted by molar-refractivity contribution is 5.15. The minimum atomic E-state index is 0.510. The monoisotopic (exact) mass is 153 g/mol. The zero-order valence-electron chi connectivity index (χ0n) is 7.91. The summed E-state index contributed by atoms with van der Waals surface area (Å²) in [4.78, 5) is 0. The second kappa shape index (κ2) is 2.01. The zero-order chi connectivity index (χ0) is 8.11. The van der Waals surface area contributed by atoms with Crippen LogP contribution >= 0.6 is 0 Å². The summed E-state index contributed by atoms with van der Waals surface area (Å²) in [6.07, 6.45) is 5.73. The lowest BCUT2D eigenvalue weighted by atomic mass is 9.44. The van der Waals surface area contributed by atoms with Crippen molar-refractivity contribution in [3.8, 4) is 0 Å². The van der Waals surface area contributed by atoms with E-state index in [1.807, 2.05) is 0 Å². The van der Waals surface area contributed by atoms with E-state index in [0.29, 0.717) is 11.0 Å². The summed E-state index contributed by atoms with van der Waals surface area (Å²) in [7, 11) is 2.13. The lowest BCUT2D eigenvalue weighted by Gasteiger charge is -2.65. The zero-order valence-corrected chi connectivity index (χ0v) is 7.91. The van der Waals surface area contributed by atoms with E-state index in [0.717, 1.165) is 5.92 Å². The van der Waals surface area contributed by atoms with Gasteiger partial charge in [-0.3, -0.25) is 0 Å². The van der Waals surface area contributed by atoms with E-state index in [1.165, 1.54) is 25.7 Å². The molecule has 0 heterocycles. The van der Waals surface area contributed by atoms with Crippen molar-refractivity contribution in [1.82, 2.24) is 5.32 Å². The smallest absolute Gasteiger partial charge is 0.0234 e. The fourth-order valence-corrected chi connectivity index (χ4v) is 3.29. The molecule has 0 saturated heterocycles. The van der Waals surface area contributed by atoms with Crippen LogP contribution in [0.5, 0.6) is 0 Å². The highest BCUT2D eigenvalue weighted by Gasteiger charge is 2.60. The molecule has 1 nitrogen and oxygen atoms in total. The maximum absolute atomic E-state index is 3.54. The van der Waals surface area contributed by atoms with Crippen molar-refractivity contribution in [1.29, 1.82) is 0 Å². The second-order valence-electron chi connectivity index (χ2n) is 4.85. The van der Waals surface area contributed by atoms with E-state index in [4.69, 9.17) is 0 Å². The van der Waals surface area contributed by atoms with Gasteiger partial charge in [-0.2, -0.15) is 0 Å². The molecule has 0 amide bonds. The average Bonchev–Trinajstić information content (AvgIpc) is 2.04. The first-order valence-corrected chi connectivity index (χ1v) is 4.81. The Balaban J connectivity index is 2.22. The summed E-state index contributed by atoms with van der Waals surface area (Å²) < 4.78 is 0. The topological polar surface area (TPSA) is 12.0 Å². The Hall–Kier alpha value is -0.0400. The molecule has 0 spiro atoms. The number of hydrogen-bond donors (Lipinski definition) is 1. The third kappa shape index (κ3) is 0.703. The van der Waals surface area contributed by atoms with Crippen LogP contribution in [-0.2, 0) is 0 Å². The van der Waals surface area contributed by atoms with Crippen molar-refractivity contribution < 1.29 is 0 Å². The van der Waals surface area contributed by atoms with Gasteiger partial charge in [0.15, 0.2) is 0 Å². The molecule has 1 heteroatoms. The van der Waals surface area contributed by atoms with Crippen LogP contribution < -0.4 is 5.32 Å². The van der Waals surface area contributed by atoms with E-state index in [1.54, 1.807) is 0 Å². The van der Waals surface area contributed by atoms with Crippen molar-refractivity contribution in [3.63, 3.8) is 0 Å². The normalized spacial score (nSPS) is 46.6. The molecule has 2 bridgehead atoms. The first-order valence-electron chi connectivity index (χ1n) is 4.81. The Kier molecular flexibility index (Phi) is 1.39. The third-order valence-corrected chi connectivity index (χ3v) is 4.48. The molecule has 0 aromatic carbocycles. The molecule has 0 aliphatic heterocycles. The minimum absolute atomic E-state index is 0.510. The molecule has 3 fully saturated rings. The van der Waals surface area contributed by atoms with Crippen molar-refractivity contribution in [3.05, 3.63) is 0 Å². The fourth-order valence-electron chi connectivity index (χ4n) is 3.29. The Morgan fingerprint density at radius 3 is 2.45 bits per heavy atom. The quantitative estimate of drug-likeness (QED) is 0.609. The molecule has 3 saturated carbocycles. The highest BCUT2D eigenvalue weighted by atomic mass is 15.0. The summed E-state index contributed by atoms with van der Waals surface area (Å²) in [5.41, 5.74) is 1.08. The predicted molar refractivity (Wildman–Crippen MR) is 47.5 cm³/mol. The van der Waals surface area contributed by atoms with Crippen LogP contribution in [0.25, 0.3) is 0 Å². The lowest BCUT2D eigenvalue weighted by Crippen LogP contribution is -2.69. The Bertz CT molecular complexity index is 170. The van der Waals surface area contributed by atoms with E-state index >= 15 is 0 Å². The summed E-state index contributed by atoms with van der Waals surface area (Å²) >= 11 is 0. The van der Waals surface area contributed by atoms with Gasteiger partial charge in [0.05, 0.1) is 0 Å². The molecule has 2 unspecified atom stereocenters. The van der Waals surface area contributed by atoms with Crippen molar-refractivity contribution in [2.24, 2.45) is 11.3 Å². The first kappa shape index (κ1) is 7.60. The lowest BCUT2D eigenvalue weighted by molar-refractivity contribution is -0.110. The van der Waals surface area contributed by atoms with E-state index in [-0.39, 0.29) is 0 Å². The van der Waals surface area contributed by atoms with Gasteiger partial charge in [-0.25, -0.2) is 0 Å². The van der Waals surface area contributed by atoms with Crippen molar-refractivity contribution >= 4 is 0 Å². The summed E-state index contributed by atoms with van der Waals surface area (Å²) in [5, 5.41) is 3.54. The number of fused-ring (bicyclic) bond motifs is 2. The first-order chi connectivity index (χ1) is 5.12. The van der Waals surface area contributed by atoms with Crippen molar-refractivity contribution in [2.45, 2.75) is 45.1 Å². The molecule has 1 N–H and O–H groups in total. The summed E-state index contributed by atoms with van der Waals surface area (Å²) in [6.45, 7) is 4.85. The largest absolute Gasteiger partial charge is 0.314 e. The van der Waals surface area contributed by atoms with Gasteiger partial charge in [-0.1, -0.05) is 20.3 Å². The Labute approximate surface area is 69.6 Å². The molecule has 0 radical (unpaired) electrons. The van der Waals surface area contributed by atoms with Crippen LogP contribution in [-0.4, -0.2) is 12.6 Å². The molecule has 64 valence electrons. The van der Waals surface area contributed by atoms with Gasteiger partial charge in [-0.05, 0) is 37.6 Å². The van der Waals surface area contributed by atoms with Gasteiger partial charge >= 0.3 is 0 Å². The predicted octanol–water partition coefficient (Wildman–Crippen LogP) is 2.17. The van der Waals surface area contributed by atoms with Crippen LogP contribution in [0.4, 0.5) is 0 Å². The molecular formula is C10H19N. The average molecular weight is 153 g/mol. The molecule has 3 aliphatic carbocycles. The third-order valence-electron chi connectivity index (χ3n) is 4.48. The number of nitrogens with one attached hydrogen (secondary N) is 1. The molecule has 11 heavy (non-hydrogen) atoms. The van der Waals surface area contributed by atoms with E-state index < -0.39 is 0 Å². The van der Waals surface area contributed by atoms with Gasteiger partial charge < -0.3 is 5.32 Å². The van der Waals surface area contributed by atoms with Gasteiger partial charge in [0.1, 0.15) is 0 Å². The molecule has 0 aromatic rings. The van der Waals surface area contributed by atoms with Gasteiger partial charge in [-0.15, -0.1) is 0 Å². The summed E-state index contributed by atoms with van der Waals surface area (Å²) in [5.74, 6) is 1.00. The highest BCUT2D eigenvalue weighted by Crippen LogP contribution is 2.61. The van der Waals surface area contributed by atoms with Crippen LogP contribution in [0.3, 0.4) is 0 Å². The Morgan fingerprint density at radius 2 is 2.09 bits per heavy atom. The minimum Gasteiger partial charge on any atom is -0.314 e. The van der Waals surface area contributed by atoms with Crippen LogP contribution in [0.1, 0.15) is 39.5 Å². The number of rotatable bonds is 1. The van der Waals surface area contributed by atoms with Gasteiger partial charge in [0, 0.05) is 5.54 Å². The van der Waals surface area contributed by atoms with Gasteiger partial charge in [0.25, 0.3) is 0 Å². The SMILES string of the molecule is CNC12CCCC(C1)C2(C)C. The number of hydrogen-bond acceptors (Lipinski definition) is 1. The standard InChI is InChI=1S/C10H19N/c1-9(2)8-5-4-6-10(9,7-8)11-3/h8,11H,4-7H2,1-3H3. The van der Waals surface area contributed by atoms with E-state index in [2.05, 4.69) is 26.2 Å². The van der Waals surface area contributed by atoms with Crippen LogP contribution in [0, 0.1) is 11.3 Å². The Morgan fingerprint density at radius 1 is 1.36 bits per heavy atom. The maximum atomic E-state index is 3.54. The summed E-state index contributed by atoms with van der Waals surface area (Å²) in [6, 6.07) is 0. The van der Waals surface area contributed by atoms with Crippen LogP contribution in [0.2, 0.25) is 0 Å². The molecule has 2 atom stereocenters. The van der Waals surface area contributed by atoms with E-state index in [9.17, 15) is 0 Å². The second-order valence-corrected chi connectivity index (χ2v) is 4.85. The van der Waals surface area contributed by atoms with Gasteiger partial charge in [0.2, 0.25) is 0 Å².